The minimum Gasteiger partial charge on any atom is -0.292 e. The van der Waals surface area contributed by atoms with Gasteiger partial charge in [0.1, 0.15) is 0 Å². The van der Waals surface area contributed by atoms with Crippen LogP contribution in [0.1, 0.15) is 0 Å². The van der Waals surface area contributed by atoms with E-state index in [1.165, 1.54) is 0 Å². The summed E-state index contributed by atoms with van der Waals surface area (Å²) in [6, 6.07) is 0. The Balaban J connectivity index is 3.77. The average Bonchev–Trinajstić information content (AvgIpc) is 1.85. The first-order valence-corrected chi connectivity index (χ1v) is 1.90. The van der Waals surface area contributed by atoms with Crippen LogP contribution in [0.15, 0.2) is 10.2 Å². The number of nitrogens with zero attached hydrogens (tertiary/aromatic N) is 6. The molecule has 7 nitrogen and oxygen atoms in total. The van der Waals surface area contributed by atoms with Gasteiger partial charge in [-0.05, 0) is 16.2 Å². The van der Waals surface area contributed by atoms with Gasteiger partial charge in [-0.1, -0.05) is 5.11 Å². The van der Waals surface area contributed by atoms with E-state index in [1.54, 1.807) is 0 Å². The van der Waals surface area contributed by atoms with Crippen molar-refractivity contribution < 1.29 is 4.79 Å². The molecular weight excluding hydrogens is 124 g/mol. The van der Waals surface area contributed by atoms with Crippen LogP contribution in [-0.4, -0.2) is 12.5 Å². The van der Waals surface area contributed by atoms with Gasteiger partial charge in [-0.3, -0.25) is 4.79 Å². The van der Waals surface area contributed by atoms with Crippen molar-refractivity contribution in [1.82, 2.24) is 0 Å². The van der Waals surface area contributed by atoms with Gasteiger partial charge in [0.05, 0.1) is 6.54 Å². The quantitative estimate of drug-likeness (QED) is 0.308. The molecule has 0 atom stereocenters. The molecule has 0 aromatic rings. The highest BCUT2D eigenvalue weighted by atomic mass is 16.1. The average molecular weight is 126 g/mol. The molecule has 9 heavy (non-hydrogen) atoms. The number of carbonyl (C=O) groups is 1. The lowest BCUT2D eigenvalue weighted by atomic mass is 10.7. The molecule has 1 amide bonds. The van der Waals surface area contributed by atoms with Crippen molar-refractivity contribution in [2.75, 3.05) is 6.54 Å². The zero-order chi connectivity index (χ0) is 7.11. The molecule has 0 aliphatic carbocycles. The largest absolute Gasteiger partial charge is 0.292 e. The van der Waals surface area contributed by atoms with Gasteiger partial charge in [-0.2, -0.15) is 0 Å². The van der Waals surface area contributed by atoms with Crippen LogP contribution in [0.5, 0.6) is 0 Å². The molecule has 0 unspecified atom stereocenters. The maximum absolute atomic E-state index is 10.1. The summed E-state index contributed by atoms with van der Waals surface area (Å²) in [5.74, 6) is -0.782. The van der Waals surface area contributed by atoms with Gasteiger partial charge in [0.25, 0.3) is 0 Å². The summed E-state index contributed by atoms with van der Waals surface area (Å²) in [5.41, 5.74) is 15.3. The second kappa shape index (κ2) is 4.45. The van der Waals surface area contributed by atoms with Crippen molar-refractivity contribution in [3.05, 3.63) is 20.9 Å². The summed E-state index contributed by atoms with van der Waals surface area (Å²) in [7, 11) is 0. The van der Waals surface area contributed by atoms with Crippen molar-refractivity contribution in [3.63, 3.8) is 0 Å². The molecule has 46 valence electrons. The summed E-state index contributed by atoms with van der Waals surface area (Å²) >= 11 is 0. The molecule has 0 radical (unpaired) electrons. The maximum atomic E-state index is 10.1. The summed E-state index contributed by atoms with van der Waals surface area (Å²) in [6.07, 6.45) is 0. The predicted molar refractivity (Wildman–Crippen MR) is 28.2 cm³/mol. The lowest BCUT2D eigenvalue weighted by Crippen LogP contribution is -1.93. The van der Waals surface area contributed by atoms with E-state index >= 15 is 0 Å². The zero-order valence-corrected chi connectivity index (χ0v) is 4.30. The molecule has 0 aromatic heterocycles. The Morgan fingerprint density at radius 3 is 2.56 bits per heavy atom. The molecule has 0 bridgehead atoms. The van der Waals surface area contributed by atoms with E-state index in [-0.39, 0.29) is 0 Å². The summed E-state index contributed by atoms with van der Waals surface area (Å²) in [4.78, 5) is 14.6. The van der Waals surface area contributed by atoms with Crippen molar-refractivity contribution in [2.45, 2.75) is 0 Å². The molecule has 0 aromatic carbocycles. The van der Waals surface area contributed by atoms with Gasteiger partial charge in [0.2, 0.25) is 5.91 Å². The Bertz CT molecular complexity index is 195. The van der Waals surface area contributed by atoms with E-state index < -0.39 is 12.5 Å². The van der Waals surface area contributed by atoms with E-state index in [1.807, 2.05) is 0 Å². The first-order valence-electron chi connectivity index (χ1n) is 1.90. The number of hydrogen-bond acceptors (Lipinski definition) is 2. The number of carbonyl (C=O) groups excluding carboxylic acids is 1. The Morgan fingerprint density at radius 2 is 2.11 bits per heavy atom. The number of amides is 1. The van der Waals surface area contributed by atoms with Crippen LogP contribution in [0.25, 0.3) is 20.9 Å². The second-order valence-corrected chi connectivity index (χ2v) is 0.972. The molecule has 0 saturated heterocycles. The molecule has 0 fully saturated rings. The highest BCUT2D eigenvalue weighted by Gasteiger charge is 1.90. The van der Waals surface area contributed by atoms with Crippen LogP contribution in [0.3, 0.4) is 0 Å². The zero-order valence-electron chi connectivity index (χ0n) is 4.30. The van der Waals surface area contributed by atoms with E-state index in [2.05, 4.69) is 20.1 Å². The second-order valence-electron chi connectivity index (χ2n) is 0.972. The minimum atomic E-state index is -0.782. The van der Waals surface area contributed by atoms with E-state index in [9.17, 15) is 4.79 Å². The van der Waals surface area contributed by atoms with Gasteiger partial charge in [0, 0.05) is 9.82 Å². The normalized spacial score (nSPS) is 6.67. The first kappa shape index (κ1) is 7.29. The Kier molecular flexibility index (Phi) is 3.60. The van der Waals surface area contributed by atoms with Gasteiger partial charge < -0.3 is 0 Å². The van der Waals surface area contributed by atoms with Gasteiger partial charge >= 0.3 is 0 Å². The lowest BCUT2D eigenvalue weighted by Gasteiger charge is -1.75. The number of azide groups is 2. The fraction of sp³-hybridized carbons (Fsp3) is 0.500. The third kappa shape index (κ3) is 4.14. The van der Waals surface area contributed by atoms with Crippen LogP contribution in [0.2, 0.25) is 0 Å². The lowest BCUT2D eigenvalue weighted by molar-refractivity contribution is -0.116. The molecule has 0 N–H and O–H groups in total. The fourth-order valence-electron chi connectivity index (χ4n) is 0.174. The topological polar surface area (TPSA) is 115 Å². The van der Waals surface area contributed by atoms with E-state index in [4.69, 9.17) is 11.1 Å². The monoisotopic (exact) mass is 126 g/mol. The van der Waals surface area contributed by atoms with Crippen molar-refractivity contribution in [1.29, 1.82) is 0 Å². The molecule has 0 aliphatic heterocycles. The van der Waals surface area contributed by atoms with Crippen molar-refractivity contribution >= 4 is 5.91 Å². The van der Waals surface area contributed by atoms with Crippen molar-refractivity contribution in [3.8, 4) is 0 Å². The molecule has 0 spiro atoms. The van der Waals surface area contributed by atoms with Crippen LogP contribution in [-0.2, 0) is 4.79 Å². The van der Waals surface area contributed by atoms with E-state index in [0.717, 1.165) is 0 Å². The fourth-order valence-corrected chi connectivity index (χ4v) is 0.174. The highest BCUT2D eigenvalue weighted by molar-refractivity contribution is 5.78. The molecule has 0 saturated carbocycles. The summed E-state index contributed by atoms with van der Waals surface area (Å²) < 4.78 is 0. The van der Waals surface area contributed by atoms with Gasteiger partial charge in [-0.25, -0.2) is 0 Å². The maximum Gasteiger partial charge on any atom is 0.224 e. The molecule has 0 heterocycles. The minimum absolute atomic E-state index is 0.416. The van der Waals surface area contributed by atoms with Crippen LogP contribution < -0.4 is 0 Å². The van der Waals surface area contributed by atoms with E-state index in [0.29, 0.717) is 0 Å². The predicted octanol–water partition coefficient (Wildman–Crippen LogP) is 1.13. The molecular formula is C2H2N6O. The van der Waals surface area contributed by atoms with Crippen molar-refractivity contribution in [2.24, 2.45) is 10.2 Å². The molecule has 0 rings (SSSR count). The third-order valence-electron chi connectivity index (χ3n) is 0.425. The SMILES string of the molecule is [N-]=[N+]=NCC(=O)N=[N+]=[N-]. The Morgan fingerprint density at radius 1 is 1.44 bits per heavy atom. The standard InChI is InChI=1S/C2H2N6O/c3-7-5-1-2(9)6-8-4/h1H2. The van der Waals surface area contributed by atoms with Crippen LogP contribution in [0, 0.1) is 0 Å². The Labute approximate surface area is 49.5 Å². The van der Waals surface area contributed by atoms with Gasteiger partial charge in [-0.15, -0.1) is 0 Å². The number of rotatable bonds is 2. The first-order chi connectivity index (χ1) is 4.31. The number of hydrogen-bond donors (Lipinski definition) is 0. The Hall–Kier alpha value is -1.71. The molecule has 7 heteroatoms. The smallest absolute Gasteiger partial charge is 0.224 e. The highest BCUT2D eigenvalue weighted by Crippen LogP contribution is 1.77. The van der Waals surface area contributed by atoms with Gasteiger partial charge in [0.15, 0.2) is 0 Å². The summed E-state index contributed by atoms with van der Waals surface area (Å²) in [6.45, 7) is -0.416. The van der Waals surface area contributed by atoms with Crippen LogP contribution in [0.4, 0.5) is 0 Å². The summed E-state index contributed by atoms with van der Waals surface area (Å²) in [5, 5.41) is 5.50. The third-order valence-corrected chi connectivity index (χ3v) is 0.425. The molecule has 0 aliphatic rings. The van der Waals surface area contributed by atoms with Crippen LogP contribution >= 0.6 is 0 Å².